The zero-order chi connectivity index (χ0) is 22.5. The third-order valence-electron chi connectivity index (χ3n) is 5.80. The SMILES string of the molecule is COCCCc1ccc(-c2ccc3c(F)c(CCc4ccc(Cl)c(F)c4)ccc3c2)cc1. The molecule has 0 aliphatic heterocycles. The highest BCUT2D eigenvalue weighted by Crippen LogP contribution is 2.28. The maximum absolute atomic E-state index is 15.1. The molecule has 0 saturated carbocycles. The molecule has 4 rings (SSSR count). The lowest BCUT2D eigenvalue weighted by Crippen LogP contribution is -1.97. The van der Waals surface area contributed by atoms with Gasteiger partial charge in [0.15, 0.2) is 0 Å². The summed E-state index contributed by atoms with van der Waals surface area (Å²) in [6.07, 6.45) is 3.03. The topological polar surface area (TPSA) is 9.23 Å². The number of rotatable bonds is 8. The molecule has 0 bridgehead atoms. The van der Waals surface area contributed by atoms with Gasteiger partial charge in [0.05, 0.1) is 5.02 Å². The molecule has 164 valence electrons. The highest BCUT2D eigenvalue weighted by atomic mass is 35.5. The molecule has 0 saturated heterocycles. The fraction of sp³-hybridized carbons (Fsp3) is 0.214. The molecule has 0 aliphatic rings. The zero-order valence-corrected chi connectivity index (χ0v) is 18.8. The van der Waals surface area contributed by atoms with E-state index in [-0.39, 0.29) is 10.8 Å². The highest BCUT2D eigenvalue weighted by Gasteiger charge is 2.10. The van der Waals surface area contributed by atoms with Gasteiger partial charge in [0.2, 0.25) is 0 Å². The summed E-state index contributed by atoms with van der Waals surface area (Å²) in [7, 11) is 1.72. The molecule has 0 unspecified atom stereocenters. The Kier molecular flexibility index (Phi) is 7.19. The van der Waals surface area contributed by atoms with Crippen molar-refractivity contribution in [1.82, 2.24) is 0 Å². The van der Waals surface area contributed by atoms with Crippen LogP contribution in [0.2, 0.25) is 5.02 Å². The van der Waals surface area contributed by atoms with Gasteiger partial charge in [-0.3, -0.25) is 0 Å². The Bertz CT molecular complexity index is 1220. The Morgan fingerprint density at radius 1 is 0.750 bits per heavy atom. The monoisotopic (exact) mass is 450 g/mol. The first-order chi connectivity index (χ1) is 15.5. The summed E-state index contributed by atoms with van der Waals surface area (Å²) in [6, 6.07) is 22.8. The van der Waals surface area contributed by atoms with Gasteiger partial charge in [0.25, 0.3) is 0 Å². The van der Waals surface area contributed by atoms with Crippen LogP contribution in [-0.2, 0) is 24.0 Å². The lowest BCUT2D eigenvalue weighted by molar-refractivity contribution is 0.195. The van der Waals surface area contributed by atoms with Crippen molar-refractivity contribution in [2.75, 3.05) is 13.7 Å². The van der Waals surface area contributed by atoms with Crippen LogP contribution in [0, 0.1) is 11.6 Å². The Hall–Kier alpha value is -2.75. The van der Waals surface area contributed by atoms with Crippen LogP contribution in [0.3, 0.4) is 0 Å². The molecule has 0 heterocycles. The standard InChI is InChI=1S/C28H25ClF2O/c1-32-16-2-3-19-4-8-21(9-5-19)23-13-14-25-24(18-23)12-11-22(28(25)31)10-6-20-7-15-26(29)27(30)17-20/h4-5,7-9,11-15,17-18H,2-3,6,10,16H2,1H3. The Morgan fingerprint density at radius 2 is 1.50 bits per heavy atom. The first-order valence-corrected chi connectivity index (χ1v) is 11.2. The number of hydrogen-bond donors (Lipinski definition) is 0. The van der Waals surface area contributed by atoms with E-state index in [2.05, 4.69) is 24.3 Å². The third-order valence-corrected chi connectivity index (χ3v) is 6.11. The molecule has 0 fully saturated rings. The minimum absolute atomic E-state index is 0.0992. The second kappa shape index (κ2) is 10.2. The van der Waals surface area contributed by atoms with Crippen LogP contribution in [0.5, 0.6) is 0 Å². The van der Waals surface area contributed by atoms with Gasteiger partial charge in [0, 0.05) is 19.1 Å². The van der Waals surface area contributed by atoms with Crippen molar-refractivity contribution >= 4 is 22.4 Å². The molecule has 4 heteroatoms. The summed E-state index contributed by atoms with van der Waals surface area (Å²) in [6.45, 7) is 0.760. The summed E-state index contributed by atoms with van der Waals surface area (Å²) in [5, 5.41) is 1.57. The van der Waals surface area contributed by atoms with Crippen LogP contribution in [0.25, 0.3) is 21.9 Å². The maximum atomic E-state index is 15.1. The van der Waals surface area contributed by atoms with Crippen molar-refractivity contribution in [3.63, 3.8) is 0 Å². The summed E-state index contributed by atoms with van der Waals surface area (Å²) < 4.78 is 33.9. The molecule has 0 aromatic heterocycles. The van der Waals surface area contributed by atoms with Crippen LogP contribution >= 0.6 is 11.6 Å². The van der Waals surface area contributed by atoms with Gasteiger partial charge in [-0.25, -0.2) is 8.78 Å². The second-order valence-electron chi connectivity index (χ2n) is 8.02. The van der Waals surface area contributed by atoms with E-state index in [9.17, 15) is 4.39 Å². The van der Waals surface area contributed by atoms with E-state index in [0.717, 1.165) is 41.5 Å². The fourth-order valence-electron chi connectivity index (χ4n) is 3.97. The largest absolute Gasteiger partial charge is 0.385 e. The molecule has 0 amide bonds. The fourth-order valence-corrected chi connectivity index (χ4v) is 4.09. The van der Waals surface area contributed by atoms with Crippen LogP contribution in [0.15, 0.2) is 72.8 Å². The van der Waals surface area contributed by atoms with E-state index >= 15 is 4.39 Å². The van der Waals surface area contributed by atoms with E-state index in [1.807, 2.05) is 30.3 Å². The molecular weight excluding hydrogens is 426 g/mol. The van der Waals surface area contributed by atoms with Crippen LogP contribution < -0.4 is 0 Å². The van der Waals surface area contributed by atoms with Gasteiger partial charge in [-0.1, -0.05) is 66.2 Å². The quantitative estimate of drug-likeness (QED) is 0.249. The molecule has 1 nitrogen and oxygen atoms in total. The number of hydrogen-bond acceptors (Lipinski definition) is 1. The summed E-state index contributed by atoms with van der Waals surface area (Å²) in [5.41, 5.74) is 4.87. The minimum Gasteiger partial charge on any atom is -0.385 e. The van der Waals surface area contributed by atoms with Gasteiger partial charge in [0.1, 0.15) is 11.6 Å². The molecule has 4 aromatic carbocycles. The number of fused-ring (bicyclic) bond motifs is 1. The van der Waals surface area contributed by atoms with Crippen molar-refractivity contribution in [3.05, 3.63) is 106 Å². The van der Waals surface area contributed by atoms with Crippen molar-refractivity contribution in [3.8, 4) is 11.1 Å². The van der Waals surface area contributed by atoms with E-state index < -0.39 is 5.82 Å². The summed E-state index contributed by atoms with van der Waals surface area (Å²) >= 11 is 5.74. The highest BCUT2D eigenvalue weighted by molar-refractivity contribution is 6.30. The van der Waals surface area contributed by atoms with Crippen LogP contribution in [-0.4, -0.2) is 13.7 Å². The molecule has 4 aromatic rings. The van der Waals surface area contributed by atoms with Gasteiger partial charge in [-0.05, 0) is 77.1 Å². The number of ether oxygens (including phenoxy) is 1. The maximum Gasteiger partial charge on any atom is 0.142 e. The lowest BCUT2D eigenvalue weighted by Gasteiger charge is -2.10. The predicted molar refractivity (Wildman–Crippen MR) is 128 cm³/mol. The molecular formula is C28H25ClF2O. The minimum atomic E-state index is -0.446. The number of benzene rings is 4. The first-order valence-electron chi connectivity index (χ1n) is 10.8. The van der Waals surface area contributed by atoms with Gasteiger partial charge >= 0.3 is 0 Å². The summed E-state index contributed by atoms with van der Waals surface area (Å²) in [4.78, 5) is 0. The zero-order valence-electron chi connectivity index (χ0n) is 18.0. The first kappa shape index (κ1) is 22.4. The number of halogens is 3. The Morgan fingerprint density at radius 3 is 2.25 bits per heavy atom. The predicted octanol–water partition coefficient (Wildman–Crippen LogP) is 7.80. The normalized spacial score (nSPS) is 11.2. The van der Waals surface area contributed by atoms with E-state index in [4.69, 9.17) is 16.3 Å². The molecule has 0 N–H and O–H groups in total. The van der Waals surface area contributed by atoms with Crippen LogP contribution in [0.1, 0.15) is 23.1 Å². The average molecular weight is 451 g/mol. The third kappa shape index (κ3) is 5.17. The Balaban J connectivity index is 1.51. The van der Waals surface area contributed by atoms with E-state index in [1.54, 1.807) is 13.2 Å². The van der Waals surface area contributed by atoms with Gasteiger partial charge in [-0.15, -0.1) is 0 Å². The van der Waals surface area contributed by atoms with Gasteiger partial charge in [-0.2, -0.15) is 0 Å². The van der Waals surface area contributed by atoms with Crippen LogP contribution in [0.4, 0.5) is 8.78 Å². The summed E-state index contributed by atoms with van der Waals surface area (Å²) in [5.74, 6) is -0.657. The van der Waals surface area contributed by atoms with Gasteiger partial charge < -0.3 is 4.74 Å². The smallest absolute Gasteiger partial charge is 0.142 e. The van der Waals surface area contributed by atoms with Crippen molar-refractivity contribution < 1.29 is 13.5 Å². The van der Waals surface area contributed by atoms with Crippen molar-refractivity contribution in [1.29, 1.82) is 0 Å². The van der Waals surface area contributed by atoms with E-state index in [0.29, 0.717) is 23.8 Å². The molecule has 0 radical (unpaired) electrons. The second-order valence-corrected chi connectivity index (χ2v) is 8.42. The molecule has 32 heavy (non-hydrogen) atoms. The average Bonchev–Trinajstić information content (AvgIpc) is 2.81. The molecule has 0 spiro atoms. The van der Waals surface area contributed by atoms with Crippen molar-refractivity contribution in [2.24, 2.45) is 0 Å². The molecule has 0 aliphatic carbocycles. The number of aryl methyl sites for hydroxylation is 3. The van der Waals surface area contributed by atoms with Crippen molar-refractivity contribution in [2.45, 2.75) is 25.7 Å². The van der Waals surface area contributed by atoms with E-state index in [1.165, 1.54) is 17.7 Å². The molecule has 0 atom stereocenters. The number of methoxy groups -OCH3 is 1. The lowest BCUT2D eigenvalue weighted by atomic mass is 9.96. The Labute approximate surface area is 192 Å².